The minimum atomic E-state index is -0.604. The Morgan fingerprint density at radius 1 is 1.14 bits per heavy atom. The predicted molar refractivity (Wildman–Crippen MR) is 166 cm³/mol. The molecule has 2 atom stereocenters. The lowest BCUT2D eigenvalue weighted by Crippen LogP contribution is -2.44. The van der Waals surface area contributed by atoms with Crippen molar-refractivity contribution in [3.63, 3.8) is 0 Å². The Bertz CT molecular complexity index is 1370. The normalized spacial score (nSPS) is 18.5. The molecule has 12 heteroatoms. The standard InChI is InChI=1S/C30H40Cl2FN7O2/c1-4-8-20(5-2)39(21(6-3)9-7-14-41)29-35-17-25-28(38-29)40(22-12-10-18(11-13-22)27(34)42)30(36-25)37-26-23(32)15-19(31)16-24(26)33/h14-18,20-22H,4-13H2,1-3H3,(H2,34,42)(H,36,37)/t18?,20-,21-,22?/m0/s1. The monoisotopic (exact) mass is 619 g/mol. The molecule has 9 nitrogen and oxygen atoms in total. The molecule has 0 spiro atoms. The quantitative estimate of drug-likeness (QED) is 0.181. The van der Waals surface area contributed by atoms with Gasteiger partial charge in [0.1, 0.15) is 17.6 Å². The molecular formula is C30H40Cl2FN7O2. The summed E-state index contributed by atoms with van der Waals surface area (Å²) in [6.45, 7) is 6.44. The Labute approximate surface area is 256 Å². The van der Waals surface area contributed by atoms with Gasteiger partial charge in [-0.15, -0.1) is 0 Å². The fourth-order valence-corrected chi connectivity index (χ4v) is 6.65. The lowest BCUT2D eigenvalue weighted by Gasteiger charge is -2.38. The summed E-state index contributed by atoms with van der Waals surface area (Å²) < 4.78 is 17.0. The van der Waals surface area contributed by atoms with Gasteiger partial charge in [0.2, 0.25) is 17.8 Å². The maximum atomic E-state index is 15.0. The maximum absolute atomic E-state index is 15.0. The topological polar surface area (TPSA) is 119 Å². The van der Waals surface area contributed by atoms with Gasteiger partial charge in [-0.2, -0.15) is 4.98 Å². The molecule has 228 valence electrons. The molecule has 3 aromatic rings. The molecule has 1 saturated carbocycles. The number of fused-ring (bicyclic) bond motifs is 1. The van der Waals surface area contributed by atoms with E-state index in [-0.39, 0.29) is 45.7 Å². The van der Waals surface area contributed by atoms with E-state index in [1.54, 1.807) is 6.20 Å². The number of amides is 1. The van der Waals surface area contributed by atoms with E-state index in [0.717, 1.165) is 32.0 Å². The van der Waals surface area contributed by atoms with E-state index in [9.17, 15) is 14.0 Å². The van der Waals surface area contributed by atoms with Gasteiger partial charge in [0.25, 0.3) is 0 Å². The number of nitrogens with two attached hydrogens (primary N) is 1. The van der Waals surface area contributed by atoms with Crippen LogP contribution in [-0.4, -0.2) is 43.8 Å². The first-order valence-corrected chi connectivity index (χ1v) is 15.7. The molecule has 3 N–H and O–H groups in total. The van der Waals surface area contributed by atoms with E-state index in [1.807, 2.05) is 4.57 Å². The molecule has 2 heterocycles. The minimum absolute atomic E-state index is 0.0620. The highest BCUT2D eigenvalue weighted by Crippen LogP contribution is 2.39. The third-order valence-corrected chi connectivity index (χ3v) is 8.84. The number of carbonyl (C=O) groups excluding carboxylic acids is 2. The SMILES string of the molecule is CCC[C@H](CC)N(c1ncc2nc(Nc3c(F)cc(Cl)cc3Cl)n(C3CCC(C(N)=O)CC3)c2n1)[C@@H](CC)CCC=O. The van der Waals surface area contributed by atoms with Crippen molar-refractivity contribution >= 4 is 64.1 Å². The largest absolute Gasteiger partial charge is 0.369 e. The van der Waals surface area contributed by atoms with E-state index in [4.69, 9.17) is 43.9 Å². The minimum Gasteiger partial charge on any atom is -0.369 e. The van der Waals surface area contributed by atoms with Gasteiger partial charge in [-0.05, 0) is 63.5 Å². The van der Waals surface area contributed by atoms with Gasteiger partial charge in [0.15, 0.2) is 5.65 Å². The number of carbonyl (C=O) groups is 2. The summed E-state index contributed by atoms with van der Waals surface area (Å²) in [6.07, 6.45) is 10.2. The first kappa shape index (κ1) is 31.9. The number of anilines is 3. The summed E-state index contributed by atoms with van der Waals surface area (Å²) >= 11 is 12.4. The summed E-state index contributed by atoms with van der Waals surface area (Å²) in [4.78, 5) is 40.1. The first-order chi connectivity index (χ1) is 20.2. The maximum Gasteiger partial charge on any atom is 0.227 e. The summed E-state index contributed by atoms with van der Waals surface area (Å²) in [5, 5.41) is 3.41. The van der Waals surface area contributed by atoms with E-state index >= 15 is 0 Å². The number of benzene rings is 1. The fourth-order valence-electron chi connectivity index (χ4n) is 6.13. The second-order valence-electron chi connectivity index (χ2n) is 11.0. The second kappa shape index (κ2) is 14.5. The summed E-state index contributed by atoms with van der Waals surface area (Å²) in [7, 11) is 0. The second-order valence-corrected chi connectivity index (χ2v) is 11.9. The zero-order chi connectivity index (χ0) is 30.4. The van der Waals surface area contributed by atoms with E-state index in [2.05, 4.69) is 31.0 Å². The molecule has 42 heavy (non-hydrogen) atoms. The van der Waals surface area contributed by atoms with E-state index < -0.39 is 5.82 Å². The van der Waals surface area contributed by atoms with Crippen LogP contribution < -0.4 is 16.0 Å². The molecule has 2 aromatic heterocycles. The van der Waals surface area contributed by atoms with Crippen molar-refractivity contribution in [2.45, 2.75) is 103 Å². The van der Waals surface area contributed by atoms with Crippen LogP contribution in [0.15, 0.2) is 18.3 Å². The number of aromatic nitrogens is 4. The predicted octanol–water partition coefficient (Wildman–Crippen LogP) is 7.38. The van der Waals surface area contributed by atoms with Gasteiger partial charge in [-0.3, -0.25) is 9.36 Å². The van der Waals surface area contributed by atoms with Crippen LogP contribution in [0.1, 0.15) is 91.0 Å². The number of nitrogens with one attached hydrogen (secondary N) is 1. The Morgan fingerprint density at radius 2 is 1.83 bits per heavy atom. The molecule has 1 fully saturated rings. The molecule has 0 bridgehead atoms. The molecular weight excluding hydrogens is 580 g/mol. The zero-order valence-corrected chi connectivity index (χ0v) is 26.0. The van der Waals surface area contributed by atoms with Crippen molar-refractivity contribution in [2.24, 2.45) is 11.7 Å². The smallest absolute Gasteiger partial charge is 0.227 e. The van der Waals surface area contributed by atoms with Gasteiger partial charge < -0.3 is 20.7 Å². The average Bonchev–Trinajstić information content (AvgIpc) is 3.33. The summed E-state index contributed by atoms with van der Waals surface area (Å²) in [6, 6.07) is 2.89. The average molecular weight is 621 g/mol. The molecule has 1 aliphatic carbocycles. The fraction of sp³-hybridized carbons (Fsp3) is 0.567. The van der Waals surface area contributed by atoms with Crippen LogP contribution in [0.5, 0.6) is 0 Å². The first-order valence-electron chi connectivity index (χ1n) is 14.9. The van der Waals surface area contributed by atoms with Crippen LogP contribution in [-0.2, 0) is 9.59 Å². The van der Waals surface area contributed by atoms with Gasteiger partial charge in [-0.25, -0.2) is 14.4 Å². The highest BCUT2D eigenvalue weighted by Gasteiger charge is 2.31. The van der Waals surface area contributed by atoms with Crippen molar-refractivity contribution in [3.05, 3.63) is 34.2 Å². The number of aldehydes is 1. The number of hydrogen-bond acceptors (Lipinski definition) is 7. The molecule has 0 radical (unpaired) electrons. The Hall–Kier alpha value is -2.98. The van der Waals surface area contributed by atoms with Crippen molar-refractivity contribution in [1.82, 2.24) is 19.5 Å². The van der Waals surface area contributed by atoms with Gasteiger partial charge in [0.05, 0.1) is 16.9 Å². The number of halogens is 3. The van der Waals surface area contributed by atoms with Crippen molar-refractivity contribution in [1.29, 1.82) is 0 Å². The molecule has 4 rings (SSSR count). The van der Waals surface area contributed by atoms with Crippen LogP contribution in [0.25, 0.3) is 11.2 Å². The molecule has 0 aliphatic heterocycles. The van der Waals surface area contributed by atoms with Crippen LogP contribution in [0.4, 0.5) is 22.0 Å². The molecule has 0 unspecified atom stereocenters. The molecule has 1 aromatic carbocycles. The summed E-state index contributed by atoms with van der Waals surface area (Å²) in [5.74, 6) is -0.122. The van der Waals surface area contributed by atoms with E-state index in [1.165, 1.54) is 12.1 Å². The van der Waals surface area contributed by atoms with E-state index in [0.29, 0.717) is 61.6 Å². The number of hydrogen-bond donors (Lipinski definition) is 2. The lowest BCUT2D eigenvalue weighted by molar-refractivity contribution is -0.122. The number of rotatable bonds is 14. The molecule has 0 saturated heterocycles. The number of imidazole rings is 1. The summed E-state index contributed by atoms with van der Waals surface area (Å²) in [5.41, 5.74) is 6.83. The van der Waals surface area contributed by atoms with Crippen LogP contribution in [0, 0.1) is 11.7 Å². The molecule has 1 aliphatic rings. The number of nitrogens with zero attached hydrogens (tertiary/aromatic N) is 5. The third kappa shape index (κ3) is 6.97. The van der Waals surface area contributed by atoms with Gasteiger partial charge in [-0.1, -0.05) is 50.4 Å². The third-order valence-electron chi connectivity index (χ3n) is 8.33. The highest BCUT2D eigenvalue weighted by atomic mass is 35.5. The zero-order valence-electron chi connectivity index (χ0n) is 24.5. The van der Waals surface area contributed by atoms with Crippen LogP contribution >= 0.6 is 23.2 Å². The highest BCUT2D eigenvalue weighted by molar-refractivity contribution is 6.36. The van der Waals surface area contributed by atoms with Crippen molar-refractivity contribution in [3.8, 4) is 0 Å². The van der Waals surface area contributed by atoms with Gasteiger partial charge in [0, 0.05) is 35.5 Å². The molecule has 1 amide bonds. The van der Waals surface area contributed by atoms with Crippen LogP contribution in [0.3, 0.4) is 0 Å². The Kier molecular flexibility index (Phi) is 11.0. The van der Waals surface area contributed by atoms with Crippen molar-refractivity contribution < 1.29 is 14.0 Å². The number of primary amides is 1. The van der Waals surface area contributed by atoms with Crippen molar-refractivity contribution in [2.75, 3.05) is 10.2 Å². The van der Waals surface area contributed by atoms with Crippen LogP contribution in [0.2, 0.25) is 10.0 Å². The Morgan fingerprint density at radius 3 is 2.43 bits per heavy atom. The lowest BCUT2D eigenvalue weighted by atomic mass is 9.85. The van der Waals surface area contributed by atoms with Gasteiger partial charge >= 0.3 is 0 Å². The Balaban J connectivity index is 1.85.